The average molecular weight is 587 g/mol. The third-order valence-corrected chi connectivity index (χ3v) is 13.5. The third kappa shape index (κ3) is 15.4. The van der Waals surface area contributed by atoms with Crippen molar-refractivity contribution >= 4 is 38.8 Å². The van der Waals surface area contributed by atoms with Crippen molar-refractivity contribution < 1.29 is 26.6 Å². The predicted octanol–water partition coefficient (Wildman–Crippen LogP) is 2.66. The molecular formula is C20H48N2O6Si2Sn. The van der Waals surface area contributed by atoms with Crippen molar-refractivity contribution in [2.45, 2.75) is 66.5 Å². The van der Waals surface area contributed by atoms with Crippen molar-refractivity contribution in [3.05, 3.63) is 0 Å². The molecule has 0 aromatic rings. The Morgan fingerprint density at radius 2 is 0.806 bits per heavy atom. The van der Waals surface area contributed by atoms with E-state index in [1.54, 1.807) is 0 Å². The van der Waals surface area contributed by atoms with Crippen LogP contribution >= 0.6 is 0 Å². The molecule has 0 spiro atoms. The maximum absolute atomic E-state index is 5.91. The molecule has 2 N–H and O–H groups in total. The van der Waals surface area contributed by atoms with Crippen LogP contribution in [0.4, 0.5) is 0 Å². The molecule has 186 valence electrons. The van der Waals surface area contributed by atoms with Gasteiger partial charge in [-0.05, 0) is 0 Å². The van der Waals surface area contributed by atoms with Crippen LogP contribution in [-0.2, 0) is 26.6 Å². The Hall–Kier alpha value is 0.912. The van der Waals surface area contributed by atoms with E-state index in [9.17, 15) is 0 Å². The monoisotopic (exact) mass is 588 g/mol. The second-order valence-corrected chi connectivity index (χ2v) is 15.7. The molecule has 0 bridgehead atoms. The molecule has 0 aromatic carbocycles. The van der Waals surface area contributed by atoms with E-state index in [1.807, 2.05) is 41.5 Å². The van der Waals surface area contributed by atoms with Gasteiger partial charge in [0.05, 0.1) is 0 Å². The van der Waals surface area contributed by atoms with Gasteiger partial charge in [0.15, 0.2) is 0 Å². The van der Waals surface area contributed by atoms with Gasteiger partial charge in [0.25, 0.3) is 0 Å². The van der Waals surface area contributed by atoms with E-state index in [0.29, 0.717) is 39.6 Å². The van der Waals surface area contributed by atoms with Crippen LogP contribution in [0.15, 0.2) is 0 Å². The first kappa shape index (κ1) is 31.9. The van der Waals surface area contributed by atoms with Crippen molar-refractivity contribution in [3.63, 3.8) is 0 Å². The van der Waals surface area contributed by atoms with E-state index in [1.165, 1.54) is 9.12 Å². The van der Waals surface area contributed by atoms with E-state index < -0.39 is 38.8 Å². The molecule has 0 aliphatic heterocycles. The minimum absolute atomic E-state index is 0.438. The first-order valence-corrected chi connectivity index (χ1v) is 19.9. The Morgan fingerprint density at radius 3 is 1.06 bits per heavy atom. The zero-order valence-corrected chi connectivity index (χ0v) is 25.7. The van der Waals surface area contributed by atoms with E-state index in [2.05, 4.69) is 10.6 Å². The van der Waals surface area contributed by atoms with Crippen LogP contribution in [0.2, 0.25) is 12.1 Å². The minimum atomic E-state index is -2.49. The molecule has 0 unspecified atom stereocenters. The van der Waals surface area contributed by atoms with E-state index in [0.717, 1.165) is 38.0 Å². The molecule has 2 radical (unpaired) electrons. The van der Waals surface area contributed by atoms with Gasteiger partial charge in [-0.1, -0.05) is 0 Å². The Balaban J connectivity index is 3.91. The second kappa shape index (κ2) is 21.4. The van der Waals surface area contributed by atoms with Crippen LogP contribution in [0.3, 0.4) is 0 Å². The Kier molecular flexibility index (Phi) is 22.1. The summed E-state index contributed by atoms with van der Waals surface area (Å²) in [7, 11) is -4.97. The van der Waals surface area contributed by atoms with Crippen molar-refractivity contribution in [1.29, 1.82) is 0 Å². The summed E-state index contributed by atoms with van der Waals surface area (Å²) in [6.45, 7) is 17.9. The van der Waals surface area contributed by atoms with Crippen LogP contribution < -0.4 is 10.6 Å². The molecular weight excluding hydrogens is 539 g/mol. The zero-order valence-electron chi connectivity index (χ0n) is 20.8. The normalized spacial score (nSPS) is 12.6. The Labute approximate surface area is 203 Å². The van der Waals surface area contributed by atoms with Gasteiger partial charge in [0.2, 0.25) is 0 Å². The number of rotatable bonds is 24. The van der Waals surface area contributed by atoms with Gasteiger partial charge >= 0.3 is 204 Å². The maximum atomic E-state index is 5.91. The summed E-state index contributed by atoms with van der Waals surface area (Å²) >= 11 is -0.438. The molecule has 0 fully saturated rings. The molecule has 0 heterocycles. The molecule has 0 atom stereocenters. The Morgan fingerprint density at radius 1 is 0.516 bits per heavy atom. The SMILES string of the molecule is CCO[Si](CCCN[CH2][Sn][CH2]NCCC[Si](OCC)(OCC)OCC)(OCC)OCC. The summed E-state index contributed by atoms with van der Waals surface area (Å²) in [5.74, 6) is 0. The van der Waals surface area contributed by atoms with Crippen LogP contribution in [0, 0.1) is 0 Å². The van der Waals surface area contributed by atoms with Gasteiger partial charge in [0.1, 0.15) is 0 Å². The van der Waals surface area contributed by atoms with Gasteiger partial charge in [-0.3, -0.25) is 0 Å². The zero-order chi connectivity index (χ0) is 23.3. The summed E-state index contributed by atoms with van der Waals surface area (Å²) in [6, 6.07) is 1.76. The van der Waals surface area contributed by atoms with Gasteiger partial charge in [-0.2, -0.15) is 0 Å². The summed E-state index contributed by atoms with van der Waals surface area (Å²) in [5.41, 5.74) is 0. The van der Waals surface area contributed by atoms with Crippen LogP contribution in [0.1, 0.15) is 54.4 Å². The number of hydrogen-bond donors (Lipinski definition) is 2. The summed E-state index contributed by atoms with van der Waals surface area (Å²) in [6.07, 6.45) is 2.05. The number of hydrogen-bond acceptors (Lipinski definition) is 8. The van der Waals surface area contributed by atoms with Crippen LogP contribution in [0.5, 0.6) is 0 Å². The van der Waals surface area contributed by atoms with E-state index in [4.69, 9.17) is 26.6 Å². The molecule has 11 heteroatoms. The topological polar surface area (TPSA) is 79.4 Å². The standard InChI is InChI=1S/2C10H24NO3Si.Sn/c2*1-5-12-15(13-6-2,14-7-3)10-8-9-11-4;/h2*11H,4-10H2,1-3H3;. The summed E-state index contributed by atoms with van der Waals surface area (Å²) < 4.78 is 37.8. The summed E-state index contributed by atoms with van der Waals surface area (Å²) in [4.78, 5) is 0. The molecule has 0 saturated carbocycles. The van der Waals surface area contributed by atoms with Gasteiger partial charge in [-0.15, -0.1) is 0 Å². The summed E-state index contributed by atoms with van der Waals surface area (Å²) in [5, 5.41) is 7.18. The molecule has 0 saturated heterocycles. The van der Waals surface area contributed by atoms with Gasteiger partial charge in [-0.25, -0.2) is 0 Å². The van der Waals surface area contributed by atoms with Gasteiger partial charge in [0, 0.05) is 0 Å². The average Bonchev–Trinajstić information content (AvgIpc) is 2.73. The van der Waals surface area contributed by atoms with E-state index in [-0.39, 0.29) is 0 Å². The van der Waals surface area contributed by atoms with Crippen LogP contribution in [0.25, 0.3) is 0 Å². The van der Waals surface area contributed by atoms with Crippen LogP contribution in [-0.4, -0.2) is 101 Å². The molecule has 8 nitrogen and oxygen atoms in total. The molecule has 0 amide bonds. The fraction of sp³-hybridized carbons (Fsp3) is 1.00. The fourth-order valence-corrected chi connectivity index (χ4v) is 10.9. The molecule has 31 heavy (non-hydrogen) atoms. The van der Waals surface area contributed by atoms with Gasteiger partial charge < -0.3 is 0 Å². The molecule has 0 aliphatic carbocycles. The predicted molar refractivity (Wildman–Crippen MR) is 132 cm³/mol. The quantitative estimate of drug-likeness (QED) is 0.132. The molecule has 0 rings (SSSR count). The van der Waals surface area contributed by atoms with Crippen molar-refractivity contribution in [2.75, 3.05) is 61.9 Å². The number of nitrogens with one attached hydrogen (secondary N) is 2. The van der Waals surface area contributed by atoms with Crippen molar-refractivity contribution in [1.82, 2.24) is 10.6 Å². The van der Waals surface area contributed by atoms with Crippen molar-refractivity contribution in [3.8, 4) is 0 Å². The van der Waals surface area contributed by atoms with Crippen molar-refractivity contribution in [2.24, 2.45) is 0 Å². The fourth-order valence-electron chi connectivity index (χ4n) is 3.28. The molecule has 0 aliphatic rings. The first-order chi connectivity index (χ1) is 15.1. The second-order valence-electron chi connectivity index (χ2n) is 6.77. The van der Waals surface area contributed by atoms with E-state index >= 15 is 0 Å². The molecule has 0 aromatic heterocycles. The Bertz CT molecular complexity index is 335. The first-order valence-electron chi connectivity index (χ1n) is 12.0. The third-order valence-electron chi connectivity index (χ3n) is 4.36.